The summed E-state index contributed by atoms with van der Waals surface area (Å²) in [7, 11) is 0. The number of carbonyl (C=O) groups is 1. The second-order valence-electron chi connectivity index (χ2n) is 7.07. The molecule has 1 amide bonds. The van der Waals surface area contributed by atoms with Gasteiger partial charge in [0.05, 0.1) is 18.7 Å². The summed E-state index contributed by atoms with van der Waals surface area (Å²) in [5.74, 6) is 0.867. The topological polar surface area (TPSA) is 45.7 Å². The van der Waals surface area contributed by atoms with Gasteiger partial charge >= 0.3 is 0 Å². The minimum absolute atomic E-state index is 0.227. The maximum absolute atomic E-state index is 12.3. The van der Waals surface area contributed by atoms with Crippen molar-refractivity contribution in [1.82, 2.24) is 14.8 Å². The molecule has 0 spiro atoms. The van der Waals surface area contributed by atoms with E-state index in [9.17, 15) is 4.79 Å². The summed E-state index contributed by atoms with van der Waals surface area (Å²) in [6.07, 6.45) is 4.31. The summed E-state index contributed by atoms with van der Waals surface area (Å²) in [5.41, 5.74) is 1.10. The number of ether oxygens (including phenoxy) is 1. The first-order valence-corrected chi connectivity index (χ1v) is 9.63. The third-order valence-corrected chi connectivity index (χ3v) is 6.30. The highest BCUT2D eigenvalue weighted by molar-refractivity contribution is 7.09. The molecule has 3 atom stereocenters. The number of amides is 1. The van der Waals surface area contributed by atoms with Gasteiger partial charge in [-0.05, 0) is 32.1 Å². The van der Waals surface area contributed by atoms with Gasteiger partial charge in [-0.3, -0.25) is 9.69 Å². The van der Waals surface area contributed by atoms with Crippen molar-refractivity contribution in [3.8, 4) is 0 Å². The van der Waals surface area contributed by atoms with Crippen molar-refractivity contribution in [3.63, 3.8) is 0 Å². The molecule has 3 aliphatic rings. The molecule has 1 aromatic rings. The number of aromatic nitrogens is 1. The normalized spacial score (nSPS) is 32.3. The Kier molecular flexibility index (Phi) is 4.39. The van der Waals surface area contributed by atoms with E-state index in [0.717, 1.165) is 51.3 Å². The van der Waals surface area contributed by atoms with Crippen LogP contribution in [0.2, 0.25) is 0 Å². The summed E-state index contributed by atoms with van der Waals surface area (Å²) in [6.45, 7) is 6.70. The highest BCUT2D eigenvalue weighted by Crippen LogP contribution is 2.33. The van der Waals surface area contributed by atoms with Crippen LogP contribution in [0.4, 0.5) is 0 Å². The lowest BCUT2D eigenvalue weighted by atomic mass is 9.84. The lowest BCUT2D eigenvalue weighted by molar-refractivity contribution is -0.145. The number of rotatable bonds is 3. The lowest BCUT2D eigenvalue weighted by Gasteiger charge is -2.48. The van der Waals surface area contributed by atoms with Crippen molar-refractivity contribution in [3.05, 3.63) is 16.1 Å². The number of aryl methyl sites for hydroxylation is 1. The van der Waals surface area contributed by atoms with Crippen LogP contribution >= 0.6 is 11.3 Å². The Bertz CT molecular complexity index is 576. The van der Waals surface area contributed by atoms with Gasteiger partial charge in [0, 0.05) is 43.7 Å². The molecule has 23 heavy (non-hydrogen) atoms. The third kappa shape index (κ3) is 3.16. The first-order chi connectivity index (χ1) is 11.2. The van der Waals surface area contributed by atoms with E-state index in [1.165, 1.54) is 11.4 Å². The fraction of sp³-hybridized carbons (Fsp3) is 0.765. The monoisotopic (exact) mass is 335 g/mol. The van der Waals surface area contributed by atoms with Gasteiger partial charge in [0.1, 0.15) is 5.01 Å². The number of nitrogens with zero attached hydrogens (tertiary/aromatic N) is 3. The average molecular weight is 335 g/mol. The summed E-state index contributed by atoms with van der Waals surface area (Å²) >= 11 is 1.74. The molecule has 1 aromatic heterocycles. The Hall–Kier alpha value is -0.980. The minimum Gasteiger partial charge on any atom is -0.376 e. The molecule has 4 rings (SSSR count). The molecule has 6 heteroatoms. The van der Waals surface area contributed by atoms with E-state index >= 15 is 0 Å². The first-order valence-electron chi connectivity index (χ1n) is 8.75. The molecular formula is C17H25N3O2S. The van der Waals surface area contributed by atoms with Crippen LogP contribution in [0.1, 0.15) is 36.4 Å². The quantitative estimate of drug-likeness (QED) is 0.848. The zero-order valence-electron chi connectivity index (χ0n) is 13.7. The SMILES string of the molecule is Cc1csc(CN2C[C@@H]3CCCO[C@@H]3[C@H](N3CCCC3=O)C2)n1. The maximum atomic E-state index is 12.3. The minimum atomic E-state index is 0.227. The smallest absolute Gasteiger partial charge is 0.223 e. The molecule has 3 saturated heterocycles. The number of fused-ring (bicyclic) bond motifs is 1. The molecule has 0 aliphatic carbocycles. The largest absolute Gasteiger partial charge is 0.376 e. The van der Waals surface area contributed by atoms with E-state index in [1.807, 2.05) is 6.92 Å². The summed E-state index contributed by atoms with van der Waals surface area (Å²) in [6, 6.07) is 0.227. The third-order valence-electron chi connectivity index (χ3n) is 5.35. The zero-order valence-corrected chi connectivity index (χ0v) is 14.6. The van der Waals surface area contributed by atoms with Crippen LogP contribution in [0.5, 0.6) is 0 Å². The number of thiazole rings is 1. The molecule has 0 bridgehead atoms. The Morgan fingerprint density at radius 3 is 3.04 bits per heavy atom. The van der Waals surface area contributed by atoms with Crippen molar-refractivity contribution in [2.45, 2.75) is 51.3 Å². The fourth-order valence-electron chi connectivity index (χ4n) is 4.35. The van der Waals surface area contributed by atoms with Crippen molar-refractivity contribution in [2.75, 3.05) is 26.2 Å². The van der Waals surface area contributed by atoms with Gasteiger partial charge in [-0.1, -0.05) is 0 Å². The Labute approximate surface area is 141 Å². The zero-order chi connectivity index (χ0) is 15.8. The van der Waals surface area contributed by atoms with Gasteiger partial charge in [0.15, 0.2) is 0 Å². The molecule has 5 nitrogen and oxygen atoms in total. The standard InChI is InChI=1S/C17H25N3O2S/c1-12-11-23-15(18-12)10-19-8-13-4-3-7-22-17(13)14(9-19)20-6-2-5-16(20)21/h11,13-14,17H,2-10H2,1H3/t13-,14+,17-/m0/s1. The lowest BCUT2D eigenvalue weighted by Crippen LogP contribution is -2.61. The predicted molar refractivity (Wildman–Crippen MR) is 89.3 cm³/mol. The van der Waals surface area contributed by atoms with Gasteiger partial charge in [0.2, 0.25) is 5.91 Å². The molecule has 4 heterocycles. The van der Waals surface area contributed by atoms with Gasteiger partial charge in [0.25, 0.3) is 0 Å². The Morgan fingerprint density at radius 1 is 1.39 bits per heavy atom. The van der Waals surface area contributed by atoms with E-state index in [-0.39, 0.29) is 12.1 Å². The molecule has 0 radical (unpaired) electrons. The predicted octanol–water partition coefficient (Wildman–Crippen LogP) is 2.05. The Morgan fingerprint density at radius 2 is 2.30 bits per heavy atom. The second kappa shape index (κ2) is 6.49. The van der Waals surface area contributed by atoms with Crippen molar-refractivity contribution in [2.24, 2.45) is 5.92 Å². The summed E-state index contributed by atoms with van der Waals surface area (Å²) in [5, 5.41) is 3.30. The maximum Gasteiger partial charge on any atom is 0.223 e. The van der Waals surface area contributed by atoms with E-state index in [1.54, 1.807) is 11.3 Å². The van der Waals surface area contributed by atoms with E-state index in [4.69, 9.17) is 4.74 Å². The highest BCUT2D eigenvalue weighted by atomic mass is 32.1. The summed E-state index contributed by atoms with van der Waals surface area (Å²) < 4.78 is 6.12. The van der Waals surface area contributed by atoms with Crippen LogP contribution in [-0.4, -0.2) is 59.1 Å². The van der Waals surface area contributed by atoms with Crippen LogP contribution < -0.4 is 0 Å². The van der Waals surface area contributed by atoms with Crippen LogP contribution in [0.25, 0.3) is 0 Å². The highest BCUT2D eigenvalue weighted by Gasteiger charge is 2.44. The molecular weight excluding hydrogens is 310 g/mol. The van der Waals surface area contributed by atoms with E-state index < -0.39 is 0 Å². The number of hydrogen-bond acceptors (Lipinski definition) is 5. The molecule has 0 unspecified atom stereocenters. The summed E-state index contributed by atoms with van der Waals surface area (Å²) in [4.78, 5) is 21.5. The van der Waals surface area contributed by atoms with Crippen molar-refractivity contribution >= 4 is 17.2 Å². The van der Waals surface area contributed by atoms with E-state index in [2.05, 4.69) is 20.2 Å². The van der Waals surface area contributed by atoms with E-state index in [0.29, 0.717) is 18.2 Å². The van der Waals surface area contributed by atoms with Crippen LogP contribution in [0.15, 0.2) is 5.38 Å². The van der Waals surface area contributed by atoms with Gasteiger partial charge in [-0.15, -0.1) is 11.3 Å². The van der Waals surface area contributed by atoms with Crippen LogP contribution in [-0.2, 0) is 16.1 Å². The van der Waals surface area contributed by atoms with Crippen molar-refractivity contribution < 1.29 is 9.53 Å². The Balaban J connectivity index is 1.52. The molecule has 126 valence electrons. The average Bonchev–Trinajstić information content (AvgIpc) is 3.15. The van der Waals surface area contributed by atoms with Gasteiger partial charge in [-0.2, -0.15) is 0 Å². The van der Waals surface area contributed by atoms with Crippen LogP contribution in [0, 0.1) is 12.8 Å². The van der Waals surface area contributed by atoms with Gasteiger partial charge in [-0.25, -0.2) is 4.98 Å². The van der Waals surface area contributed by atoms with Crippen LogP contribution in [0.3, 0.4) is 0 Å². The molecule has 0 N–H and O–H groups in total. The fourth-order valence-corrected chi connectivity index (χ4v) is 5.16. The number of hydrogen-bond donors (Lipinski definition) is 0. The molecule has 3 aliphatic heterocycles. The first kappa shape index (κ1) is 15.5. The molecule has 0 saturated carbocycles. The number of piperidine rings is 1. The molecule has 3 fully saturated rings. The molecule has 0 aromatic carbocycles. The second-order valence-corrected chi connectivity index (χ2v) is 8.02. The van der Waals surface area contributed by atoms with Gasteiger partial charge < -0.3 is 9.64 Å². The number of carbonyl (C=O) groups excluding carboxylic acids is 1. The number of likely N-dealkylation sites (tertiary alicyclic amines) is 2. The van der Waals surface area contributed by atoms with Crippen molar-refractivity contribution in [1.29, 1.82) is 0 Å².